The van der Waals surface area contributed by atoms with Crippen LogP contribution < -0.4 is 0 Å². The van der Waals surface area contributed by atoms with Crippen LogP contribution in [0.3, 0.4) is 0 Å². The summed E-state index contributed by atoms with van der Waals surface area (Å²) in [5.74, 6) is 0. The van der Waals surface area contributed by atoms with Gasteiger partial charge in [-0.2, -0.15) is 0 Å². The Morgan fingerprint density at radius 2 is 1.29 bits per heavy atom. The Hall–Kier alpha value is -2.12. The minimum atomic E-state index is 0.284. The molecule has 0 aliphatic carbocycles. The Labute approximate surface area is 144 Å². The Balaban J connectivity index is 0.000000526. The molecule has 0 saturated carbocycles. The summed E-state index contributed by atoms with van der Waals surface area (Å²) in [6.07, 6.45) is 4.21. The van der Waals surface area contributed by atoms with Crippen LogP contribution in [-0.4, -0.2) is 11.7 Å². The highest BCUT2D eigenvalue weighted by molar-refractivity contribution is 6.23. The van der Waals surface area contributed by atoms with E-state index >= 15 is 0 Å². The molecule has 0 saturated heterocycles. The molecule has 0 radical (unpaired) electrons. The molecule has 0 unspecified atom stereocenters. The summed E-state index contributed by atoms with van der Waals surface area (Å²) in [6.45, 7) is 4.53. The molecule has 0 atom stereocenters. The van der Waals surface area contributed by atoms with Gasteiger partial charge in [-0.3, -0.25) is 0 Å². The third kappa shape index (κ3) is 3.09. The quantitative estimate of drug-likeness (QED) is 0.345. The molecule has 0 spiro atoms. The summed E-state index contributed by atoms with van der Waals surface area (Å²) in [5.41, 5.74) is 1.40. The number of benzene rings is 4. The molecule has 1 N–H and O–H groups in total. The minimum Gasteiger partial charge on any atom is -0.396 e. The summed E-state index contributed by atoms with van der Waals surface area (Å²) < 4.78 is 0. The average molecular weight is 318 g/mol. The molecule has 124 valence electrons. The first-order chi connectivity index (χ1) is 11.8. The Morgan fingerprint density at radius 1 is 0.708 bits per heavy atom. The smallest absolute Gasteiger partial charge is 0.0431 e. The van der Waals surface area contributed by atoms with Gasteiger partial charge < -0.3 is 5.11 Å². The van der Waals surface area contributed by atoms with Gasteiger partial charge in [0, 0.05) is 6.61 Å². The average Bonchev–Trinajstić information content (AvgIpc) is 2.61. The Morgan fingerprint density at radius 3 is 1.96 bits per heavy atom. The largest absolute Gasteiger partial charge is 0.396 e. The van der Waals surface area contributed by atoms with Crippen molar-refractivity contribution in [2.75, 3.05) is 6.61 Å². The third-order valence-electron chi connectivity index (χ3n) is 4.47. The van der Waals surface area contributed by atoms with Gasteiger partial charge in [0.1, 0.15) is 0 Å². The van der Waals surface area contributed by atoms with Crippen LogP contribution >= 0.6 is 0 Å². The van der Waals surface area contributed by atoms with Gasteiger partial charge >= 0.3 is 0 Å². The number of rotatable bonds is 4. The molecule has 0 bridgehead atoms. The van der Waals surface area contributed by atoms with Crippen molar-refractivity contribution in [3.63, 3.8) is 0 Å². The maximum absolute atomic E-state index is 8.98. The van der Waals surface area contributed by atoms with E-state index < -0.39 is 0 Å². The van der Waals surface area contributed by atoms with Crippen LogP contribution in [0, 0.1) is 0 Å². The lowest BCUT2D eigenvalue weighted by molar-refractivity contribution is 0.284. The normalized spacial score (nSPS) is 11.1. The van der Waals surface area contributed by atoms with Gasteiger partial charge in [0.15, 0.2) is 0 Å². The van der Waals surface area contributed by atoms with Crippen molar-refractivity contribution in [3.8, 4) is 0 Å². The van der Waals surface area contributed by atoms with Gasteiger partial charge in [-0.15, -0.1) is 0 Å². The number of aliphatic hydroxyl groups is 1. The molecule has 0 fully saturated rings. The summed E-state index contributed by atoms with van der Waals surface area (Å²) in [4.78, 5) is 0. The predicted molar refractivity (Wildman–Crippen MR) is 106 cm³/mol. The van der Waals surface area contributed by atoms with Gasteiger partial charge in [-0.05, 0) is 57.1 Å². The van der Waals surface area contributed by atoms with E-state index in [1.165, 1.54) is 44.3 Å². The predicted octanol–water partition coefficient (Wildman–Crippen LogP) is 6.32. The first-order valence-corrected chi connectivity index (χ1v) is 9.06. The zero-order valence-corrected chi connectivity index (χ0v) is 14.7. The summed E-state index contributed by atoms with van der Waals surface area (Å²) >= 11 is 0. The lowest BCUT2D eigenvalue weighted by atomic mass is 9.91. The van der Waals surface area contributed by atoms with Crippen molar-refractivity contribution < 1.29 is 5.11 Å². The van der Waals surface area contributed by atoms with Gasteiger partial charge in [0.05, 0.1) is 0 Å². The van der Waals surface area contributed by atoms with E-state index in [0.29, 0.717) is 0 Å². The number of hydrogen-bond acceptors (Lipinski definition) is 1. The summed E-state index contributed by atoms with van der Waals surface area (Å²) in [7, 11) is 0. The Kier molecular flexibility index (Phi) is 5.32. The van der Waals surface area contributed by atoms with Crippen LogP contribution in [0.4, 0.5) is 0 Å². The van der Waals surface area contributed by atoms with Gasteiger partial charge in [-0.1, -0.05) is 74.9 Å². The fraction of sp³-hybridized carbons (Fsp3) is 0.304. The monoisotopic (exact) mass is 318 g/mol. The third-order valence-corrected chi connectivity index (χ3v) is 4.47. The fourth-order valence-electron chi connectivity index (χ4n) is 3.44. The molecular weight excluding hydrogens is 292 g/mol. The molecule has 0 aromatic heterocycles. The van der Waals surface area contributed by atoms with E-state index in [1.807, 2.05) is 0 Å². The standard InChI is InChI=1S/C20H18O.C3H8/c21-13-2-1-4-14-7-8-17-10-9-15-5-3-6-16-11-12-18(14)20(17)19(15)16;1-3-2/h3,5-12,21H,1-2,4,13H2;3H2,1-2H3. The van der Waals surface area contributed by atoms with Crippen molar-refractivity contribution in [3.05, 3.63) is 60.2 Å². The van der Waals surface area contributed by atoms with Crippen molar-refractivity contribution in [1.82, 2.24) is 0 Å². The lowest BCUT2D eigenvalue weighted by Crippen LogP contribution is -1.92. The number of unbranched alkanes of at least 4 members (excludes halogenated alkanes) is 1. The second-order valence-electron chi connectivity index (χ2n) is 6.47. The van der Waals surface area contributed by atoms with Crippen molar-refractivity contribution in [1.29, 1.82) is 0 Å². The fourth-order valence-corrected chi connectivity index (χ4v) is 3.44. The van der Waals surface area contributed by atoms with E-state index in [1.54, 1.807) is 0 Å². The molecule has 0 amide bonds. The molecule has 4 rings (SSSR count). The van der Waals surface area contributed by atoms with Crippen LogP contribution in [0.25, 0.3) is 32.3 Å². The zero-order valence-electron chi connectivity index (χ0n) is 14.7. The van der Waals surface area contributed by atoms with Crippen LogP contribution in [-0.2, 0) is 6.42 Å². The van der Waals surface area contributed by atoms with E-state index in [4.69, 9.17) is 5.11 Å². The second-order valence-corrected chi connectivity index (χ2v) is 6.47. The van der Waals surface area contributed by atoms with E-state index in [2.05, 4.69) is 68.4 Å². The van der Waals surface area contributed by atoms with Crippen molar-refractivity contribution in [2.45, 2.75) is 39.5 Å². The first-order valence-electron chi connectivity index (χ1n) is 9.06. The maximum Gasteiger partial charge on any atom is 0.0431 e. The highest BCUT2D eigenvalue weighted by atomic mass is 16.2. The zero-order chi connectivity index (χ0) is 16.9. The second kappa shape index (κ2) is 7.63. The molecular formula is C23H26O. The number of hydrogen-bond donors (Lipinski definition) is 1. The van der Waals surface area contributed by atoms with Crippen LogP contribution in [0.5, 0.6) is 0 Å². The maximum atomic E-state index is 8.98. The molecule has 1 heteroatoms. The highest BCUT2D eigenvalue weighted by Crippen LogP contribution is 2.36. The summed E-state index contributed by atoms with van der Waals surface area (Å²) in [5, 5.41) is 17.1. The van der Waals surface area contributed by atoms with Crippen molar-refractivity contribution >= 4 is 32.3 Å². The molecule has 4 aromatic carbocycles. The lowest BCUT2D eigenvalue weighted by Gasteiger charge is -2.13. The molecule has 0 heterocycles. The van der Waals surface area contributed by atoms with Crippen LogP contribution in [0.15, 0.2) is 54.6 Å². The van der Waals surface area contributed by atoms with Gasteiger partial charge in [-0.25, -0.2) is 0 Å². The summed E-state index contributed by atoms with van der Waals surface area (Å²) in [6, 6.07) is 19.9. The van der Waals surface area contributed by atoms with Crippen LogP contribution in [0.2, 0.25) is 0 Å². The molecule has 0 aliphatic heterocycles. The minimum absolute atomic E-state index is 0.284. The number of aliphatic hydroxyl groups excluding tert-OH is 1. The van der Waals surface area contributed by atoms with E-state index in [-0.39, 0.29) is 6.61 Å². The molecule has 0 aliphatic rings. The molecule has 1 nitrogen and oxygen atoms in total. The Bertz CT molecular complexity index is 907. The highest BCUT2D eigenvalue weighted by Gasteiger charge is 2.10. The SMILES string of the molecule is CCC.OCCCCc1ccc2ccc3cccc4ccc1c2c34. The van der Waals surface area contributed by atoms with E-state index in [9.17, 15) is 0 Å². The molecule has 4 aromatic rings. The van der Waals surface area contributed by atoms with E-state index in [0.717, 1.165) is 19.3 Å². The molecule has 24 heavy (non-hydrogen) atoms. The number of aryl methyl sites for hydroxylation is 1. The van der Waals surface area contributed by atoms with Crippen molar-refractivity contribution in [2.24, 2.45) is 0 Å². The topological polar surface area (TPSA) is 20.2 Å². The first kappa shape index (κ1) is 16.7. The van der Waals surface area contributed by atoms with Gasteiger partial charge in [0.2, 0.25) is 0 Å². The van der Waals surface area contributed by atoms with Gasteiger partial charge in [0.25, 0.3) is 0 Å². The van der Waals surface area contributed by atoms with Crippen LogP contribution in [0.1, 0.15) is 38.7 Å².